The van der Waals surface area contributed by atoms with Crippen LogP contribution in [-0.4, -0.2) is 45.7 Å². The van der Waals surface area contributed by atoms with E-state index in [-0.39, 0.29) is 11.4 Å². The Morgan fingerprint density at radius 1 is 1.27 bits per heavy atom. The second-order valence-electron chi connectivity index (χ2n) is 10.3. The third-order valence-corrected chi connectivity index (χ3v) is 8.00. The molecule has 2 fully saturated rings. The molecule has 0 radical (unpaired) electrons. The lowest BCUT2D eigenvalue weighted by Gasteiger charge is -2.49. The Kier molecular flexibility index (Phi) is 6.63. The average molecular weight is 499 g/mol. The van der Waals surface area contributed by atoms with Crippen LogP contribution in [0.15, 0.2) is 48.9 Å². The van der Waals surface area contributed by atoms with E-state index in [4.69, 9.17) is 9.72 Å². The lowest BCUT2D eigenvalue weighted by molar-refractivity contribution is -0.120. The summed E-state index contributed by atoms with van der Waals surface area (Å²) in [5.74, 6) is 2.35. The summed E-state index contributed by atoms with van der Waals surface area (Å²) in [6.45, 7) is 12.0. The molecular formula is C29H34N6O2. The third-order valence-electron chi connectivity index (χ3n) is 8.00. The molecule has 1 saturated heterocycles. The third kappa shape index (κ3) is 4.33. The molecule has 1 aliphatic carbocycles. The van der Waals surface area contributed by atoms with Gasteiger partial charge in [-0.15, -0.1) is 0 Å². The van der Waals surface area contributed by atoms with Gasteiger partial charge >= 0.3 is 0 Å². The predicted molar refractivity (Wildman–Crippen MR) is 143 cm³/mol. The highest BCUT2D eigenvalue weighted by molar-refractivity contribution is 5.92. The number of pyridine rings is 2. The zero-order valence-corrected chi connectivity index (χ0v) is 21.8. The standard InChI is InChI=1S/C29H34N6O2/c1-5-11-29(33-28(36)19(3)4)22-8-9-23(29)17-34(16-22)26-10-7-20(14-31-26)25-12-24(37-6-2)18-35-27(25)21(13-30)15-32-35/h7,10,12,14-15,18,22-23H,3,5-6,8-9,11,16-17H2,1-2,4H3,(H,33,36). The summed E-state index contributed by atoms with van der Waals surface area (Å²) in [6.07, 6.45) is 9.48. The summed E-state index contributed by atoms with van der Waals surface area (Å²) >= 11 is 0. The van der Waals surface area contributed by atoms with Gasteiger partial charge in [0.15, 0.2) is 0 Å². The van der Waals surface area contributed by atoms with E-state index in [1.54, 1.807) is 23.8 Å². The highest BCUT2D eigenvalue weighted by Crippen LogP contribution is 2.48. The Morgan fingerprint density at radius 2 is 2.03 bits per heavy atom. The molecule has 1 saturated carbocycles. The van der Waals surface area contributed by atoms with E-state index in [2.05, 4.69) is 47.0 Å². The summed E-state index contributed by atoms with van der Waals surface area (Å²) in [5, 5.41) is 17.4. The van der Waals surface area contributed by atoms with Gasteiger partial charge < -0.3 is 15.0 Å². The zero-order chi connectivity index (χ0) is 26.2. The van der Waals surface area contributed by atoms with Gasteiger partial charge in [-0.25, -0.2) is 9.50 Å². The number of hydrogen-bond acceptors (Lipinski definition) is 6. The van der Waals surface area contributed by atoms with Crippen molar-refractivity contribution < 1.29 is 9.53 Å². The quantitative estimate of drug-likeness (QED) is 0.451. The number of carbonyl (C=O) groups excluding carboxylic acids is 1. The molecule has 2 atom stereocenters. The van der Waals surface area contributed by atoms with Gasteiger partial charge in [0, 0.05) is 41.5 Å². The molecule has 5 rings (SSSR count). The first-order chi connectivity index (χ1) is 17.9. The second-order valence-corrected chi connectivity index (χ2v) is 10.3. The number of anilines is 1. The lowest BCUT2D eigenvalue weighted by atomic mass is 9.73. The fourth-order valence-electron chi connectivity index (χ4n) is 6.34. The average Bonchev–Trinajstić information content (AvgIpc) is 3.35. The van der Waals surface area contributed by atoms with Crippen LogP contribution in [0.1, 0.15) is 52.0 Å². The molecule has 37 heavy (non-hydrogen) atoms. The fraction of sp³-hybridized carbons (Fsp3) is 0.448. The van der Waals surface area contributed by atoms with Gasteiger partial charge in [-0.1, -0.05) is 19.9 Å². The largest absolute Gasteiger partial charge is 0.492 e. The number of rotatable bonds is 8. The minimum atomic E-state index is -0.164. The maximum atomic E-state index is 12.6. The van der Waals surface area contributed by atoms with E-state index >= 15 is 0 Å². The Morgan fingerprint density at radius 3 is 2.62 bits per heavy atom. The number of nitrogens with one attached hydrogen (secondary N) is 1. The monoisotopic (exact) mass is 498 g/mol. The minimum Gasteiger partial charge on any atom is -0.492 e. The highest BCUT2D eigenvalue weighted by atomic mass is 16.5. The number of piperidine rings is 1. The summed E-state index contributed by atoms with van der Waals surface area (Å²) in [5.41, 5.74) is 3.42. The molecule has 1 aliphatic heterocycles. The lowest BCUT2D eigenvalue weighted by Crippen LogP contribution is -2.63. The molecule has 4 heterocycles. The van der Waals surface area contributed by atoms with Crippen molar-refractivity contribution in [2.75, 3.05) is 24.6 Å². The van der Waals surface area contributed by atoms with Gasteiger partial charge in [0.05, 0.1) is 30.1 Å². The van der Waals surface area contributed by atoms with Crippen LogP contribution >= 0.6 is 0 Å². The maximum absolute atomic E-state index is 12.6. The van der Waals surface area contributed by atoms with Crippen LogP contribution < -0.4 is 15.0 Å². The number of fused-ring (bicyclic) bond motifs is 3. The molecule has 8 heteroatoms. The summed E-state index contributed by atoms with van der Waals surface area (Å²) in [7, 11) is 0. The Bertz CT molecular complexity index is 1360. The first kappa shape index (κ1) is 24.8. The van der Waals surface area contributed by atoms with E-state index < -0.39 is 0 Å². The number of aromatic nitrogens is 3. The number of nitriles is 1. The first-order valence-corrected chi connectivity index (χ1v) is 13.1. The van der Waals surface area contributed by atoms with Crippen molar-refractivity contribution in [1.29, 1.82) is 5.26 Å². The van der Waals surface area contributed by atoms with E-state index in [0.717, 1.165) is 61.2 Å². The topological polar surface area (TPSA) is 95.5 Å². The van der Waals surface area contributed by atoms with Crippen LogP contribution in [0.3, 0.4) is 0 Å². The normalized spacial score (nSPS) is 22.6. The van der Waals surface area contributed by atoms with E-state index in [1.165, 1.54) is 0 Å². The van der Waals surface area contributed by atoms with Gasteiger partial charge in [0.2, 0.25) is 5.91 Å². The van der Waals surface area contributed by atoms with Gasteiger partial charge in [-0.2, -0.15) is 10.4 Å². The number of ether oxygens (including phenoxy) is 1. The highest BCUT2D eigenvalue weighted by Gasteiger charge is 2.54. The van der Waals surface area contributed by atoms with Crippen LogP contribution in [0, 0.1) is 23.2 Å². The van der Waals surface area contributed by atoms with Gasteiger partial charge in [-0.05, 0) is 63.1 Å². The minimum absolute atomic E-state index is 0.0292. The molecule has 2 unspecified atom stereocenters. The molecule has 8 nitrogen and oxygen atoms in total. The first-order valence-electron chi connectivity index (χ1n) is 13.1. The van der Waals surface area contributed by atoms with Crippen LogP contribution in [0.5, 0.6) is 5.75 Å². The van der Waals surface area contributed by atoms with Crippen molar-refractivity contribution in [3.63, 3.8) is 0 Å². The molecule has 1 N–H and O–H groups in total. The van der Waals surface area contributed by atoms with E-state index in [0.29, 0.717) is 35.3 Å². The van der Waals surface area contributed by atoms with Crippen LogP contribution in [0.25, 0.3) is 16.6 Å². The smallest absolute Gasteiger partial charge is 0.246 e. The summed E-state index contributed by atoms with van der Waals surface area (Å²) < 4.78 is 7.44. The van der Waals surface area contributed by atoms with Gasteiger partial charge in [0.25, 0.3) is 0 Å². The Hall–Kier alpha value is -3.86. The zero-order valence-electron chi connectivity index (χ0n) is 21.8. The van der Waals surface area contributed by atoms with Crippen LogP contribution in [-0.2, 0) is 4.79 Å². The predicted octanol–water partition coefficient (Wildman–Crippen LogP) is 4.74. The molecule has 0 aromatic carbocycles. The molecule has 0 spiro atoms. The van der Waals surface area contributed by atoms with Crippen molar-refractivity contribution >= 4 is 17.2 Å². The molecule has 3 aromatic rings. The van der Waals surface area contributed by atoms with Gasteiger partial charge in [0.1, 0.15) is 17.6 Å². The number of hydrogen-bond donors (Lipinski definition) is 1. The van der Waals surface area contributed by atoms with Crippen molar-refractivity contribution in [2.24, 2.45) is 11.8 Å². The van der Waals surface area contributed by atoms with Crippen molar-refractivity contribution in [1.82, 2.24) is 19.9 Å². The summed E-state index contributed by atoms with van der Waals surface area (Å²) in [6, 6.07) is 8.30. The molecule has 2 bridgehead atoms. The molecule has 1 amide bonds. The van der Waals surface area contributed by atoms with Gasteiger partial charge in [-0.3, -0.25) is 4.79 Å². The Balaban J connectivity index is 1.43. The molecule has 3 aromatic heterocycles. The van der Waals surface area contributed by atoms with E-state index in [1.807, 2.05) is 19.2 Å². The van der Waals surface area contributed by atoms with Crippen molar-refractivity contribution in [3.05, 3.63) is 54.5 Å². The molecule has 192 valence electrons. The SMILES string of the molecule is C=C(C)C(=O)NC1(CCC)C2CCC1CN(c1ccc(-c3cc(OCC)cn4ncc(C#N)c34)cn1)C2. The summed E-state index contributed by atoms with van der Waals surface area (Å²) in [4.78, 5) is 19.9. The van der Waals surface area contributed by atoms with E-state index in [9.17, 15) is 10.1 Å². The van der Waals surface area contributed by atoms with Crippen LogP contribution in [0.2, 0.25) is 0 Å². The number of carbonyl (C=O) groups is 1. The molecular weight excluding hydrogens is 464 g/mol. The number of nitrogens with zero attached hydrogens (tertiary/aromatic N) is 5. The Labute approximate surface area is 217 Å². The second kappa shape index (κ2) is 9.89. The van der Waals surface area contributed by atoms with Crippen LogP contribution in [0.4, 0.5) is 5.82 Å². The van der Waals surface area contributed by atoms with Crippen molar-refractivity contribution in [3.8, 4) is 22.9 Å². The maximum Gasteiger partial charge on any atom is 0.246 e. The number of amides is 1. The fourth-order valence-corrected chi connectivity index (χ4v) is 6.34. The van der Waals surface area contributed by atoms with Crippen molar-refractivity contribution in [2.45, 2.75) is 52.0 Å². The molecule has 2 aliphatic rings.